The molecular formula is C14H18N2O3. The van der Waals surface area contributed by atoms with Gasteiger partial charge in [-0.2, -0.15) is 4.91 Å². The second-order valence-electron chi connectivity index (χ2n) is 4.15. The number of hydrogen-bond donors (Lipinski definition) is 0. The van der Waals surface area contributed by atoms with E-state index in [-0.39, 0.29) is 6.54 Å². The van der Waals surface area contributed by atoms with Crippen LogP contribution in [-0.2, 0) is 16.0 Å². The van der Waals surface area contributed by atoms with Crippen molar-refractivity contribution in [2.75, 3.05) is 33.0 Å². The molecule has 0 bridgehead atoms. The molecule has 0 amide bonds. The molecule has 0 saturated carbocycles. The topological polar surface area (TPSA) is 52.8 Å². The number of fused-ring (bicyclic) bond motifs is 1. The zero-order valence-electron chi connectivity index (χ0n) is 10.8. The van der Waals surface area contributed by atoms with E-state index in [4.69, 9.17) is 9.47 Å². The van der Waals surface area contributed by atoms with Gasteiger partial charge in [0.15, 0.2) is 0 Å². The van der Waals surface area contributed by atoms with Gasteiger partial charge in [0.05, 0.1) is 26.4 Å². The lowest BCUT2D eigenvalue weighted by Crippen LogP contribution is -2.10. The van der Waals surface area contributed by atoms with E-state index < -0.39 is 0 Å². The van der Waals surface area contributed by atoms with Crippen LogP contribution in [0.3, 0.4) is 0 Å². The van der Waals surface area contributed by atoms with Crippen molar-refractivity contribution in [3.05, 3.63) is 41.4 Å². The number of rotatable bonds is 9. The Labute approximate surface area is 112 Å². The number of nitroso groups, excluding NO2 is 1. The number of para-hydroxylation sites is 1. The number of benzene rings is 1. The van der Waals surface area contributed by atoms with E-state index in [0.29, 0.717) is 26.4 Å². The van der Waals surface area contributed by atoms with Crippen LogP contribution in [0, 0.1) is 4.91 Å². The van der Waals surface area contributed by atoms with E-state index >= 15 is 0 Å². The maximum atomic E-state index is 9.81. The second-order valence-corrected chi connectivity index (χ2v) is 4.15. The molecule has 1 aromatic carbocycles. The Hall–Kier alpha value is -1.72. The van der Waals surface area contributed by atoms with Crippen molar-refractivity contribution >= 4 is 10.9 Å². The number of aromatic nitrogens is 1. The molecule has 5 nitrogen and oxygen atoms in total. The highest BCUT2D eigenvalue weighted by Crippen LogP contribution is 2.14. The molecule has 0 aliphatic carbocycles. The van der Waals surface area contributed by atoms with E-state index in [1.54, 1.807) is 0 Å². The van der Waals surface area contributed by atoms with Crippen molar-refractivity contribution < 1.29 is 9.47 Å². The van der Waals surface area contributed by atoms with Crippen LogP contribution in [0.15, 0.2) is 41.7 Å². The summed E-state index contributed by atoms with van der Waals surface area (Å²) in [6, 6.07) is 10.4. The van der Waals surface area contributed by atoms with Crippen LogP contribution in [0.4, 0.5) is 0 Å². The van der Waals surface area contributed by atoms with Gasteiger partial charge in [0, 0.05) is 18.3 Å². The van der Waals surface area contributed by atoms with Gasteiger partial charge in [-0.15, -0.1) is 0 Å². The molecule has 1 heterocycles. The Morgan fingerprint density at radius 1 is 1.00 bits per heavy atom. The highest BCUT2D eigenvalue weighted by molar-refractivity contribution is 5.79. The smallest absolute Gasteiger partial charge is 0.104 e. The minimum atomic E-state index is 0.204. The molecule has 0 spiro atoms. The highest BCUT2D eigenvalue weighted by atomic mass is 16.5. The highest BCUT2D eigenvalue weighted by Gasteiger charge is 1.99. The maximum Gasteiger partial charge on any atom is 0.104 e. The van der Waals surface area contributed by atoms with Crippen molar-refractivity contribution in [2.24, 2.45) is 5.18 Å². The summed E-state index contributed by atoms with van der Waals surface area (Å²) < 4.78 is 12.8. The van der Waals surface area contributed by atoms with Gasteiger partial charge >= 0.3 is 0 Å². The summed E-state index contributed by atoms with van der Waals surface area (Å²) >= 11 is 0. The summed E-state index contributed by atoms with van der Waals surface area (Å²) in [4.78, 5) is 9.81. The van der Waals surface area contributed by atoms with Crippen LogP contribution in [-0.4, -0.2) is 37.5 Å². The molecule has 0 unspecified atom stereocenters. The lowest BCUT2D eigenvalue weighted by Gasteiger charge is -2.07. The van der Waals surface area contributed by atoms with Gasteiger partial charge < -0.3 is 14.0 Å². The van der Waals surface area contributed by atoms with E-state index in [1.165, 1.54) is 10.9 Å². The molecule has 5 heteroatoms. The molecule has 0 fully saturated rings. The van der Waals surface area contributed by atoms with Gasteiger partial charge in [0.25, 0.3) is 0 Å². The molecule has 0 N–H and O–H groups in total. The summed E-state index contributed by atoms with van der Waals surface area (Å²) in [5.41, 5.74) is 1.22. The number of ether oxygens (including phenoxy) is 2. The fourth-order valence-corrected chi connectivity index (χ4v) is 1.92. The molecule has 0 aliphatic rings. The van der Waals surface area contributed by atoms with Crippen molar-refractivity contribution in [1.29, 1.82) is 0 Å². The Morgan fingerprint density at radius 2 is 1.79 bits per heavy atom. The van der Waals surface area contributed by atoms with Gasteiger partial charge in [-0.3, -0.25) is 0 Å². The minimum absolute atomic E-state index is 0.204. The summed E-state index contributed by atoms with van der Waals surface area (Å²) in [5.74, 6) is 0. The Morgan fingerprint density at radius 3 is 2.63 bits per heavy atom. The van der Waals surface area contributed by atoms with E-state index in [9.17, 15) is 4.91 Å². The van der Waals surface area contributed by atoms with Crippen molar-refractivity contribution in [1.82, 2.24) is 4.57 Å². The molecule has 2 aromatic rings. The predicted molar refractivity (Wildman–Crippen MR) is 74.2 cm³/mol. The van der Waals surface area contributed by atoms with Gasteiger partial charge in [0.1, 0.15) is 6.54 Å². The molecule has 0 aliphatic heterocycles. The van der Waals surface area contributed by atoms with Crippen molar-refractivity contribution in [3.8, 4) is 0 Å². The summed E-state index contributed by atoms with van der Waals surface area (Å²) in [6.07, 6.45) is 2.07. The lowest BCUT2D eigenvalue weighted by atomic mass is 10.2. The number of hydrogen-bond acceptors (Lipinski definition) is 4. The monoisotopic (exact) mass is 262 g/mol. The van der Waals surface area contributed by atoms with E-state index in [1.807, 2.05) is 12.1 Å². The SMILES string of the molecule is O=NCCOCCOCCn1ccc2ccccc21. The fraction of sp³-hybridized carbons (Fsp3) is 0.429. The summed E-state index contributed by atoms with van der Waals surface area (Å²) in [7, 11) is 0. The molecule has 0 radical (unpaired) electrons. The normalized spacial score (nSPS) is 10.9. The minimum Gasteiger partial charge on any atom is -0.377 e. The molecule has 0 atom stereocenters. The van der Waals surface area contributed by atoms with Crippen LogP contribution < -0.4 is 0 Å². The average molecular weight is 262 g/mol. The molecule has 102 valence electrons. The first-order valence-corrected chi connectivity index (χ1v) is 6.40. The van der Waals surface area contributed by atoms with Gasteiger partial charge in [-0.1, -0.05) is 23.4 Å². The third-order valence-electron chi connectivity index (χ3n) is 2.86. The van der Waals surface area contributed by atoms with Gasteiger partial charge in [-0.25, -0.2) is 0 Å². The van der Waals surface area contributed by atoms with Crippen molar-refractivity contribution in [3.63, 3.8) is 0 Å². The lowest BCUT2D eigenvalue weighted by molar-refractivity contribution is 0.0480. The largest absolute Gasteiger partial charge is 0.377 e. The zero-order valence-corrected chi connectivity index (χ0v) is 10.8. The average Bonchev–Trinajstić information content (AvgIpc) is 2.85. The van der Waals surface area contributed by atoms with Crippen LogP contribution >= 0.6 is 0 Å². The second kappa shape index (κ2) is 7.66. The molecule has 1 aromatic heterocycles. The standard InChI is InChI=1S/C14H18N2O3/c17-15-6-9-18-11-12-19-10-8-16-7-5-13-3-1-2-4-14(13)16/h1-5,7H,6,8-12H2. The Bertz CT molecular complexity index is 510. The molecule has 0 saturated heterocycles. The van der Waals surface area contributed by atoms with E-state index in [2.05, 4.69) is 34.1 Å². The zero-order chi connectivity index (χ0) is 13.3. The Balaban J connectivity index is 1.64. The number of nitrogens with zero attached hydrogens (tertiary/aromatic N) is 2. The third-order valence-corrected chi connectivity index (χ3v) is 2.86. The quantitative estimate of drug-likeness (QED) is 0.515. The van der Waals surface area contributed by atoms with Gasteiger partial charge in [-0.05, 0) is 17.5 Å². The van der Waals surface area contributed by atoms with Crippen LogP contribution in [0.5, 0.6) is 0 Å². The first-order chi connectivity index (χ1) is 9.42. The fourth-order valence-electron chi connectivity index (χ4n) is 1.92. The first kappa shape index (κ1) is 13.7. The van der Waals surface area contributed by atoms with Crippen LogP contribution in [0.1, 0.15) is 0 Å². The molecular weight excluding hydrogens is 244 g/mol. The predicted octanol–water partition coefficient (Wildman–Crippen LogP) is 2.44. The van der Waals surface area contributed by atoms with Crippen LogP contribution in [0.2, 0.25) is 0 Å². The first-order valence-electron chi connectivity index (χ1n) is 6.40. The van der Waals surface area contributed by atoms with Gasteiger partial charge in [0.2, 0.25) is 0 Å². The molecule has 19 heavy (non-hydrogen) atoms. The van der Waals surface area contributed by atoms with Crippen LogP contribution in [0.25, 0.3) is 10.9 Å². The van der Waals surface area contributed by atoms with Crippen molar-refractivity contribution in [2.45, 2.75) is 6.54 Å². The summed E-state index contributed by atoms with van der Waals surface area (Å²) in [6.45, 7) is 3.09. The van der Waals surface area contributed by atoms with E-state index in [0.717, 1.165) is 6.54 Å². The third kappa shape index (κ3) is 4.15. The molecule has 2 rings (SSSR count). The summed E-state index contributed by atoms with van der Waals surface area (Å²) in [5, 5.41) is 3.96. The Kier molecular flexibility index (Phi) is 5.52. The maximum absolute atomic E-state index is 9.81.